The predicted molar refractivity (Wildman–Crippen MR) is 114 cm³/mol. The average Bonchev–Trinajstić information content (AvgIpc) is 3.41. The SMILES string of the molecule is C[C@H]1CCc2nc(NC(=O)[C@H]3Cc4ccccc4CN3C(=O)c3ccco3)sc2C1. The summed E-state index contributed by atoms with van der Waals surface area (Å²) in [5.41, 5.74) is 3.25. The van der Waals surface area contributed by atoms with E-state index < -0.39 is 6.04 Å². The van der Waals surface area contributed by atoms with Crippen LogP contribution in [-0.2, 0) is 30.6 Å². The molecule has 1 aliphatic heterocycles. The van der Waals surface area contributed by atoms with E-state index in [9.17, 15) is 9.59 Å². The van der Waals surface area contributed by atoms with Gasteiger partial charge >= 0.3 is 0 Å². The first kappa shape index (κ1) is 19.1. The maximum atomic E-state index is 13.3. The third kappa shape index (κ3) is 3.54. The highest BCUT2D eigenvalue weighted by Crippen LogP contribution is 2.33. The van der Waals surface area contributed by atoms with Gasteiger partial charge in [0.15, 0.2) is 10.9 Å². The van der Waals surface area contributed by atoms with Crippen molar-refractivity contribution in [1.82, 2.24) is 9.88 Å². The van der Waals surface area contributed by atoms with Crippen molar-refractivity contribution >= 4 is 28.3 Å². The number of nitrogens with zero attached hydrogens (tertiary/aromatic N) is 2. The zero-order valence-electron chi connectivity index (χ0n) is 16.8. The van der Waals surface area contributed by atoms with Gasteiger partial charge in [-0.2, -0.15) is 0 Å². The molecule has 1 aromatic carbocycles. The smallest absolute Gasteiger partial charge is 0.290 e. The van der Waals surface area contributed by atoms with E-state index in [0.29, 0.717) is 24.0 Å². The zero-order chi connectivity index (χ0) is 20.7. The van der Waals surface area contributed by atoms with Crippen LogP contribution in [0.1, 0.15) is 45.6 Å². The van der Waals surface area contributed by atoms with E-state index >= 15 is 0 Å². The zero-order valence-corrected chi connectivity index (χ0v) is 17.6. The number of furan rings is 1. The molecule has 30 heavy (non-hydrogen) atoms. The molecule has 2 amide bonds. The van der Waals surface area contributed by atoms with Crippen LogP contribution in [0, 0.1) is 5.92 Å². The van der Waals surface area contributed by atoms with Gasteiger partial charge in [0.05, 0.1) is 12.0 Å². The fourth-order valence-corrected chi connectivity index (χ4v) is 5.47. The number of nitrogens with one attached hydrogen (secondary N) is 1. The molecule has 2 atom stereocenters. The van der Waals surface area contributed by atoms with Crippen molar-refractivity contribution in [1.29, 1.82) is 0 Å². The summed E-state index contributed by atoms with van der Waals surface area (Å²) in [6.45, 7) is 2.62. The van der Waals surface area contributed by atoms with Gasteiger partial charge in [-0.05, 0) is 48.4 Å². The molecule has 3 aromatic rings. The Labute approximate surface area is 178 Å². The van der Waals surface area contributed by atoms with E-state index in [0.717, 1.165) is 36.1 Å². The van der Waals surface area contributed by atoms with Gasteiger partial charge in [0.2, 0.25) is 5.91 Å². The monoisotopic (exact) mass is 421 g/mol. The van der Waals surface area contributed by atoms with Gasteiger partial charge in [-0.1, -0.05) is 31.2 Å². The third-order valence-electron chi connectivity index (χ3n) is 5.96. The second-order valence-corrected chi connectivity index (χ2v) is 9.21. The Morgan fingerprint density at radius 1 is 1.17 bits per heavy atom. The summed E-state index contributed by atoms with van der Waals surface area (Å²) in [6.07, 6.45) is 5.05. The van der Waals surface area contributed by atoms with Crippen LogP contribution in [0.25, 0.3) is 0 Å². The summed E-state index contributed by atoms with van der Waals surface area (Å²) in [6, 6.07) is 10.6. The van der Waals surface area contributed by atoms with E-state index in [1.54, 1.807) is 28.4 Å². The molecule has 1 N–H and O–H groups in total. The molecule has 5 rings (SSSR count). The number of carbonyl (C=O) groups is 2. The van der Waals surface area contributed by atoms with Crippen LogP contribution in [0.2, 0.25) is 0 Å². The van der Waals surface area contributed by atoms with E-state index in [2.05, 4.69) is 17.2 Å². The average molecular weight is 422 g/mol. The van der Waals surface area contributed by atoms with E-state index in [-0.39, 0.29) is 17.6 Å². The molecule has 0 bridgehead atoms. The Balaban J connectivity index is 1.41. The van der Waals surface area contributed by atoms with Crippen molar-refractivity contribution < 1.29 is 14.0 Å². The van der Waals surface area contributed by atoms with Crippen molar-refractivity contribution in [2.45, 2.75) is 45.2 Å². The van der Waals surface area contributed by atoms with Gasteiger partial charge in [-0.3, -0.25) is 9.59 Å². The maximum Gasteiger partial charge on any atom is 0.290 e. The second kappa shape index (κ2) is 7.72. The molecule has 154 valence electrons. The highest BCUT2D eigenvalue weighted by molar-refractivity contribution is 7.15. The lowest BCUT2D eigenvalue weighted by molar-refractivity contribution is -0.121. The molecule has 6 nitrogen and oxygen atoms in total. The van der Waals surface area contributed by atoms with Gasteiger partial charge in [-0.25, -0.2) is 4.98 Å². The van der Waals surface area contributed by atoms with Crippen LogP contribution in [0.4, 0.5) is 5.13 Å². The summed E-state index contributed by atoms with van der Waals surface area (Å²) in [4.78, 5) is 33.9. The lowest BCUT2D eigenvalue weighted by Gasteiger charge is -2.35. The number of hydrogen-bond donors (Lipinski definition) is 1. The molecule has 0 fully saturated rings. The first-order chi connectivity index (χ1) is 14.6. The van der Waals surface area contributed by atoms with E-state index in [4.69, 9.17) is 4.42 Å². The fourth-order valence-electron chi connectivity index (χ4n) is 4.29. The van der Waals surface area contributed by atoms with Crippen LogP contribution in [0.15, 0.2) is 47.1 Å². The van der Waals surface area contributed by atoms with Crippen LogP contribution in [0.3, 0.4) is 0 Å². The lowest BCUT2D eigenvalue weighted by Crippen LogP contribution is -2.50. The Bertz CT molecular complexity index is 1090. The van der Waals surface area contributed by atoms with Gasteiger partial charge < -0.3 is 14.6 Å². The number of amides is 2. The molecule has 3 heterocycles. The van der Waals surface area contributed by atoms with Crippen LogP contribution in [-0.4, -0.2) is 27.7 Å². The molecule has 0 spiro atoms. The molecule has 0 saturated heterocycles. The summed E-state index contributed by atoms with van der Waals surface area (Å²) < 4.78 is 5.31. The van der Waals surface area contributed by atoms with Crippen LogP contribution >= 0.6 is 11.3 Å². The minimum absolute atomic E-state index is 0.205. The van der Waals surface area contributed by atoms with Gasteiger partial charge in [-0.15, -0.1) is 11.3 Å². The van der Waals surface area contributed by atoms with Crippen molar-refractivity contribution in [3.63, 3.8) is 0 Å². The maximum absolute atomic E-state index is 13.3. The number of carbonyl (C=O) groups excluding carboxylic acids is 2. The van der Waals surface area contributed by atoms with Gasteiger partial charge in [0, 0.05) is 17.8 Å². The number of benzene rings is 1. The highest BCUT2D eigenvalue weighted by atomic mass is 32.1. The van der Waals surface area contributed by atoms with Gasteiger partial charge in [0.1, 0.15) is 6.04 Å². The molecule has 7 heteroatoms. The summed E-state index contributed by atoms with van der Waals surface area (Å²) in [5.74, 6) is 0.411. The van der Waals surface area contributed by atoms with Crippen molar-refractivity contribution in [2.24, 2.45) is 5.92 Å². The Kier molecular flexibility index (Phi) is 4.90. The number of aryl methyl sites for hydroxylation is 1. The number of thiazole rings is 1. The molecule has 0 unspecified atom stereocenters. The first-order valence-corrected chi connectivity index (χ1v) is 11.1. The number of fused-ring (bicyclic) bond motifs is 2. The highest BCUT2D eigenvalue weighted by Gasteiger charge is 2.36. The van der Waals surface area contributed by atoms with E-state index in [1.807, 2.05) is 24.3 Å². The summed E-state index contributed by atoms with van der Waals surface area (Å²) >= 11 is 1.56. The van der Waals surface area contributed by atoms with Crippen molar-refractivity contribution in [2.75, 3.05) is 5.32 Å². The number of hydrogen-bond acceptors (Lipinski definition) is 5. The Morgan fingerprint density at radius 2 is 2.00 bits per heavy atom. The van der Waals surface area contributed by atoms with Crippen LogP contribution in [0.5, 0.6) is 0 Å². The molecular formula is C23H23N3O3S. The quantitative estimate of drug-likeness (QED) is 0.692. The normalized spacial score (nSPS) is 20.4. The largest absolute Gasteiger partial charge is 0.459 e. The van der Waals surface area contributed by atoms with Crippen molar-refractivity contribution in [3.05, 3.63) is 70.1 Å². The molecule has 2 aliphatic rings. The lowest BCUT2D eigenvalue weighted by atomic mass is 9.93. The van der Waals surface area contributed by atoms with E-state index in [1.165, 1.54) is 11.1 Å². The number of aromatic nitrogens is 1. The third-order valence-corrected chi connectivity index (χ3v) is 7.00. The molecule has 2 aromatic heterocycles. The summed E-state index contributed by atoms with van der Waals surface area (Å²) in [5, 5.41) is 3.62. The first-order valence-electron chi connectivity index (χ1n) is 10.3. The second-order valence-electron chi connectivity index (χ2n) is 8.13. The molecule has 1 aliphatic carbocycles. The molecular weight excluding hydrogens is 398 g/mol. The molecule has 0 radical (unpaired) electrons. The number of anilines is 1. The fraction of sp³-hybridized carbons (Fsp3) is 0.348. The predicted octanol–water partition coefficient (Wildman–Crippen LogP) is 4.07. The summed E-state index contributed by atoms with van der Waals surface area (Å²) in [7, 11) is 0. The van der Waals surface area contributed by atoms with Gasteiger partial charge in [0.25, 0.3) is 5.91 Å². The minimum Gasteiger partial charge on any atom is -0.459 e. The minimum atomic E-state index is -0.614. The van der Waals surface area contributed by atoms with Crippen LogP contribution < -0.4 is 5.32 Å². The topological polar surface area (TPSA) is 75.4 Å². The number of rotatable bonds is 3. The Morgan fingerprint density at radius 3 is 2.80 bits per heavy atom. The standard InChI is InChI=1S/C23H23N3O3S/c1-14-8-9-17-20(11-14)30-23(24-17)25-21(27)18-12-15-5-2-3-6-16(15)13-26(18)22(28)19-7-4-10-29-19/h2-7,10,14,18H,8-9,11-13H2,1H3,(H,24,25,27)/t14-,18+/m0/s1. The Hall–Kier alpha value is -2.93. The van der Waals surface area contributed by atoms with Crippen molar-refractivity contribution in [3.8, 4) is 0 Å². The molecule has 0 saturated carbocycles.